The number of aromatic nitrogens is 2. The van der Waals surface area contributed by atoms with E-state index in [2.05, 4.69) is 28.3 Å². The number of rotatable bonds is 4. The van der Waals surface area contributed by atoms with Crippen molar-refractivity contribution in [2.24, 2.45) is 0 Å². The standard InChI is InChI=1S/C14H17N3O/c1-10-4-5-13(18-3)11(8-10)14(15-2)12-6-7-16-9-17-12/h4-9,14-15H,1-3H3. The smallest absolute Gasteiger partial charge is 0.124 e. The summed E-state index contributed by atoms with van der Waals surface area (Å²) >= 11 is 0. The fourth-order valence-corrected chi connectivity index (χ4v) is 2.01. The first-order chi connectivity index (χ1) is 8.76. The maximum atomic E-state index is 5.42. The van der Waals surface area contributed by atoms with Crippen LogP contribution in [-0.2, 0) is 0 Å². The number of ether oxygens (including phenoxy) is 1. The molecule has 0 bridgehead atoms. The zero-order chi connectivity index (χ0) is 13.0. The van der Waals surface area contributed by atoms with Crippen LogP contribution in [0.2, 0.25) is 0 Å². The highest BCUT2D eigenvalue weighted by Crippen LogP contribution is 2.29. The van der Waals surface area contributed by atoms with Gasteiger partial charge in [-0.25, -0.2) is 9.97 Å². The number of benzene rings is 1. The molecule has 1 N–H and O–H groups in total. The van der Waals surface area contributed by atoms with Crippen molar-refractivity contribution in [2.45, 2.75) is 13.0 Å². The fourth-order valence-electron chi connectivity index (χ4n) is 2.01. The summed E-state index contributed by atoms with van der Waals surface area (Å²) in [5.74, 6) is 0.860. The molecule has 0 aliphatic rings. The van der Waals surface area contributed by atoms with Crippen molar-refractivity contribution in [1.29, 1.82) is 0 Å². The van der Waals surface area contributed by atoms with Crippen LogP contribution in [0.1, 0.15) is 22.9 Å². The Morgan fingerprint density at radius 2 is 2.11 bits per heavy atom. The van der Waals surface area contributed by atoms with Crippen molar-refractivity contribution in [1.82, 2.24) is 15.3 Å². The zero-order valence-electron chi connectivity index (χ0n) is 10.8. The Hall–Kier alpha value is -1.94. The molecule has 2 rings (SSSR count). The summed E-state index contributed by atoms with van der Waals surface area (Å²) in [5, 5.41) is 3.27. The zero-order valence-corrected chi connectivity index (χ0v) is 10.8. The fraction of sp³-hybridized carbons (Fsp3) is 0.286. The Labute approximate surface area is 107 Å². The van der Waals surface area contributed by atoms with E-state index in [0.29, 0.717) is 0 Å². The second kappa shape index (κ2) is 5.60. The first-order valence-corrected chi connectivity index (χ1v) is 5.84. The summed E-state index contributed by atoms with van der Waals surface area (Å²) in [4.78, 5) is 8.25. The molecule has 94 valence electrons. The number of hydrogen-bond acceptors (Lipinski definition) is 4. The van der Waals surface area contributed by atoms with E-state index in [-0.39, 0.29) is 6.04 Å². The van der Waals surface area contributed by atoms with Crippen LogP contribution < -0.4 is 10.1 Å². The average Bonchev–Trinajstić information content (AvgIpc) is 2.41. The first kappa shape index (κ1) is 12.5. The van der Waals surface area contributed by atoms with E-state index < -0.39 is 0 Å². The van der Waals surface area contributed by atoms with Crippen LogP contribution in [0, 0.1) is 6.92 Å². The number of aryl methyl sites for hydroxylation is 1. The molecule has 0 aliphatic carbocycles. The van der Waals surface area contributed by atoms with Gasteiger partial charge in [0.15, 0.2) is 0 Å². The maximum Gasteiger partial charge on any atom is 0.124 e. The van der Waals surface area contributed by atoms with Crippen molar-refractivity contribution >= 4 is 0 Å². The van der Waals surface area contributed by atoms with Crippen LogP contribution >= 0.6 is 0 Å². The van der Waals surface area contributed by atoms with Crippen LogP contribution in [0.5, 0.6) is 5.75 Å². The largest absolute Gasteiger partial charge is 0.496 e. The van der Waals surface area contributed by atoms with Crippen LogP contribution in [0.15, 0.2) is 36.8 Å². The van der Waals surface area contributed by atoms with Gasteiger partial charge in [-0.1, -0.05) is 17.7 Å². The number of nitrogens with zero attached hydrogens (tertiary/aromatic N) is 2. The van der Waals surface area contributed by atoms with Gasteiger partial charge in [-0.05, 0) is 26.1 Å². The van der Waals surface area contributed by atoms with E-state index >= 15 is 0 Å². The summed E-state index contributed by atoms with van der Waals surface area (Å²) in [6, 6.07) is 8.04. The molecular formula is C14H17N3O. The van der Waals surface area contributed by atoms with E-state index in [1.54, 1.807) is 19.6 Å². The second-order valence-corrected chi connectivity index (χ2v) is 4.10. The third-order valence-corrected chi connectivity index (χ3v) is 2.89. The predicted molar refractivity (Wildman–Crippen MR) is 70.7 cm³/mol. The topological polar surface area (TPSA) is 47.0 Å². The third kappa shape index (κ3) is 2.49. The normalized spacial score (nSPS) is 12.2. The lowest BCUT2D eigenvalue weighted by molar-refractivity contribution is 0.405. The molecule has 1 aromatic heterocycles. The molecule has 4 heteroatoms. The van der Waals surface area contributed by atoms with Crippen molar-refractivity contribution in [3.63, 3.8) is 0 Å². The van der Waals surface area contributed by atoms with Crippen LogP contribution in [0.3, 0.4) is 0 Å². The number of nitrogens with one attached hydrogen (secondary N) is 1. The Kier molecular flexibility index (Phi) is 3.89. The number of hydrogen-bond donors (Lipinski definition) is 1. The minimum absolute atomic E-state index is 0.00264. The van der Waals surface area contributed by atoms with Gasteiger partial charge in [0.05, 0.1) is 18.8 Å². The summed E-state index contributed by atoms with van der Waals surface area (Å²) in [7, 11) is 3.59. The predicted octanol–water partition coefficient (Wildman–Crippen LogP) is 2.10. The van der Waals surface area contributed by atoms with Gasteiger partial charge in [0.2, 0.25) is 0 Å². The van der Waals surface area contributed by atoms with Gasteiger partial charge in [-0.2, -0.15) is 0 Å². The molecule has 2 aromatic rings. The Morgan fingerprint density at radius 1 is 1.28 bits per heavy atom. The monoisotopic (exact) mass is 243 g/mol. The molecule has 1 aromatic carbocycles. The van der Waals surface area contributed by atoms with Crippen molar-refractivity contribution in [3.8, 4) is 5.75 Å². The van der Waals surface area contributed by atoms with Crippen LogP contribution in [-0.4, -0.2) is 24.1 Å². The van der Waals surface area contributed by atoms with E-state index in [4.69, 9.17) is 4.74 Å². The molecule has 0 spiro atoms. The van der Waals surface area contributed by atoms with E-state index in [1.807, 2.05) is 25.2 Å². The molecule has 1 heterocycles. The van der Waals surface area contributed by atoms with Crippen LogP contribution in [0.25, 0.3) is 0 Å². The molecule has 4 nitrogen and oxygen atoms in total. The Balaban J connectivity index is 2.48. The van der Waals surface area contributed by atoms with E-state index in [1.165, 1.54) is 5.56 Å². The van der Waals surface area contributed by atoms with Crippen molar-refractivity contribution in [2.75, 3.05) is 14.2 Å². The average molecular weight is 243 g/mol. The van der Waals surface area contributed by atoms with Crippen molar-refractivity contribution in [3.05, 3.63) is 53.6 Å². The molecule has 0 saturated heterocycles. The summed E-state index contributed by atoms with van der Waals surface area (Å²) in [6.07, 6.45) is 3.30. The first-order valence-electron chi connectivity index (χ1n) is 5.84. The Bertz CT molecular complexity index is 514. The molecule has 1 unspecified atom stereocenters. The third-order valence-electron chi connectivity index (χ3n) is 2.89. The SMILES string of the molecule is CNC(c1ccncn1)c1cc(C)ccc1OC. The molecule has 18 heavy (non-hydrogen) atoms. The molecular weight excluding hydrogens is 226 g/mol. The molecule has 0 saturated carbocycles. The number of methoxy groups -OCH3 is 1. The quantitative estimate of drug-likeness (QED) is 0.893. The lowest BCUT2D eigenvalue weighted by atomic mass is 10.0. The molecule has 0 aliphatic heterocycles. The van der Waals surface area contributed by atoms with Gasteiger partial charge in [0, 0.05) is 11.8 Å². The van der Waals surface area contributed by atoms with E-state index in [0.717, 1.165) is 17.0 Å². The second-order valence-electron chi connectivity index (χ2n) is 4.10. The maximum absolute atomic E-state index is 5.42. The minimum atomic E-state index is 0.00264. The molecule has 0 fully saturated rings. The van der Waals surface area contributed by atoms with Crippen molar-refractivity contribution < 1.29 is 4.74 Å². The van der Waals surface area contributed by atoms with Gasteiger partial charge in [-0.3, -0.25) is 0 Å². The minimum Gasteiger partial charge on any atom is -0.496 e. The van der Waals surface area contributed by atoms with Gasteiger partial charge in [0.1, 0.15) is 12.1 Å². The van der Waals surface area contributed by atoms with Gasteiger partial charge in [0.25, 0.3) is 0 Å². The van der Waals surface area contributed by atoms with Gasteiger partial charge in [-0.15, -0.1) is 0 Å². The highest BCUT2D eigenvalue weighted by molar-refractivity contribution is 5.42. The van der Waals surface area contributed by atoms with Gasteiger partial charge >= 0.3 is 0 Å². The lowest BCUT2D eigenvalue weighted by Gasteiger charge is -2.19. The lowest BCUT2D eigenvalue weighted by Crippen LogP contribution is -2.19. The van der Waals surface area contributed by atoms with Gasteiger partial charge < -0.3 is 10.1 Å². The molecule has 1 atom stereocenters. The molecule has 0 radical (unpaired) electrons. The Morgan fingerprint density at radius 3 is 2.72 bits per heavy atom. The molecule has 0 amide bonds. The summed E-state index contributed by atoms with van der Waals surface area (Å²) in [5.41, 5.74) is 3.20. The summed E-state index contributed by atoms with van der Waals surface area (Å²) < 4.78 is 5.42. The van der Waals surface area contributed by atoms with E-state index in [9.17, 15) is 0 Å². The highest BCUT2D eigenvalue weighted by Gasteiger charge is 2.17. The summed E-state index contributed by atoms with van der Waals surface area (Å²) in [6.45, 7) is 2.07. The highest BCUT2D eigenvalue weighted by atomic mass is 16.5. The van der Waals surface area contributed by atoms with Crippen LogP contribution in [0.4, 0.5) is 0 Å².